The number of anilines is 1. The van der Waals surface area contributed by atoms with Crippen molar-refractivity contribution >= 4 is 23.4 Å². The first-order valence-corrected chi connectivity index (χ1v) is 8.34. The fraction of sp³-hybridized carbons (Fsp3) is 0.562. The standard InChI is InChI=1S/C16H25FN2OS/c1-11(2)5-4-6-12(3)19-16(20)10-21-13-7-8-15(18)14(17)9-13/h7-9,11-12H,4-6,10,18H2,1-3H3,(H,19,20). The largest absolute Gasteiger partial charge is 0.396 e. The first kappa shape index (κ1) is 17.8. The van der Waals surface area contributed by atoms with Gasteiger partial charge in [0.25, 0.3) is 0 Å². The van der Waals surface area contributed by atoms with Crippen LogP contribution in [0, 0.1) is 11.7 Å². The van der Waals surface area contributed by atoms with Gasteiger partial charge in [0.15, 0.2) is 0 Å². The van der Waals surface area contributed by atoms with Gasteiger partial charge >= 0.3 is 0 Å². The second-order valence-corrected chi connectivity index (χ2v) is 6.81. The Morgan fingerprint density at radius 2 is 2.05 bits per heavy atom. The molecule has 0 aliphatic rings. The normalized spacial score (nSPS) is 12.4. The van der Waals surface area contributed by atoms with Crippen molar-refractivity contribution < 1.29 is 9.18 Å². The monoisotopic (exact) mass is 312 g/mol. The highest BCUT2D eigenvalue weighted by atomic mass is 32.2. The molecule has 21 heavy (non-hydrogen) atoms. The summed E-state index contributed by atoms with van der Waals surface area (Å²) in [6.07, 6.45) is 3.29. The summed E-state index contributed by atoms with van der Waals surface area (Å²) < 4.78 is 13.3. The Kier molecular flexibility index (Phi) is 7.57. The van der Waals surface area contributed by atoms with Gasteiger partial charge in [-0.2, -0.15) is 0 Å². The number of thioether (sulfide) groups is 1. The van der Waals surface area contributed by atoms with Gasteiger partial charge in [0.1, 0.15) is 5.82 Å². The molecule has 0 radical (unpaired) electrons. The van der Waals surface area contributed by atoms with Crippen LogP contribution >= 0.6 is 11.8 Å². The molecule has 1 atom stereocenters. The molecule has 0 fully saturated rings. The minimum Gasteiger partial charge on any atom is -0.396 e. The topological polar surface area (TPSA) is 55.1 Å². The summed E-state index contributed by atoms with van der Waals surface area (Å²) in [6.45, 7) is 6.42. The first-order valence-electron chi connectivity index (χ1n) is 7.35. The van der Waals surface area contributed by atoms with Gasteiger partial charge in [0.2, 0.25) is 5.91 Å². The molecular weight excluding hydrogens is 287 g/mol. The van der Waals surface area contributed by atoms with E-state index in [1.165, 1.54) is 30.3 Å². The molecule has 118 valence electrons. The van der Waals surface area contributed by atoms with Gasteiger partial charge in [-0.1, -0.05) is 26.7 Å². The maximum atomic E-state index is 13.3. The second kappa shape index (κ2) is 8.93. The Labute approximate surface area is 130 Å². The Balaban J connectivity index is 2.28. The third-order valence-electron chi connectivity index (χ3n) is 3.17. The highest BCUT2D eigenvalue weighted by Crippen LogP contribution is 2.21. The van der Waals surface area contributed by atoms with Crippen molar-refractivity contribution in [2.75, 3.05) is 11.5 Å². The average molecular weight is 312 g/mol. The maximum absolute atomic E-state index is 13.3. The van der Waals surface area contributed by atoms with Gasteiger partial charge in [-0.05, 0) is 37.5 Å². The minimum absolute atomic E-state index is 0.0192. The molecule has 3 nitrogen and oxygen atoms in total. The van der Waals surface area contributed by atoms with Crippen molar-refractivity contribution in [3.8, 4) is 0 Å². The minimum atomic E-state index is -0.442. The van der Waals surface area contributed by atoms with E-state index in [0.29, 0.717) is 10.8 Å². The van der Waals surface area contributed by atoms with Crippen LogP contribution in [-0.4, -0.2) is 17.7 Å². The van der Waals surface area contributed by atoms with Crippen molar-refractivity contribution in [2.45, 2.75) is 51.0 Å². The van der Waals surface area contributed by atoms with Crippen molar-refractivity contribution in [3.63, 3.8) is 0 Å². The molecule has 0 aliphatic carbocycles. The molecule has 0 aromatic heterocycles. The smallest absolute Gasteiger partial charge is 0.230 e. The van der Waals surface area contributed by atoms with Crippen LogP contribution in [0.4, 0.5) is 10.1 Å². The number of rotatable bonds is 8. The Hall–Kier alpha value is -1.23. The predicted octanol–water partition coefficient (Wildman–Crippen LogP) is 3.83. The Bertz CT molecular complexity index is 466. The third kappa shape index (κ3) is 7.37. The number of hydrogen-bond donors (Lipinski definition) is 2. The number of carbonyl (C=O) groups excluding carboxylic acids is 1. The average Bonchev–Trinajstić information content (AvgIpc) is 2.39. The van der Waals surface area contributed by atoms with E-state index < -0.39 is 5.82 Å². The van der Waals surface area contributed by atoms with Crippen LogP contribution < -0.4 is 11.1 Å². The molecular formula is C16H25FN2OS. The molecule has 1 aromatic rings. The maximum Gasteiger partial charge on any atom is 0.230 e. The predicted molar refractivity (Wildman–Crippen MR) is 87.8 cm³/mol. The van der Waals surface area contributed by atoms with Gasteiger partial charge < -0.3 is 11.1 Å². The van der Waals surface area contributed by atoms with Crippen LogP contribution in [0.2, 0.25) is 0 Å². The molecule has 0 bridgehead atoms. The molecule has 0 spiro atoms. The SMILES string of the molecule is CC(C)CCCC(C)NC(=O)CSc1ccc(N)c(F)c1. The zero-order valence-electron chi connectivity index (χ0n) is 13.0. The van der Waals surface area contributed by atoms with E-state index in [4.69, 9.17) is 5.73 Å². The lowest BCUT2D eigenvalue weighted by molar-refractivity contribution is -0.119. The summed E-state index contributed by atoms with van der Waals surface area (Å²) in [4.78, 5) is 12.5. The second-order valence-electron chi connectivity index (χ2n) is 5.77. The molecule has 1 rings (SSSR count). The van der Waals surface area contributed by atoms with E-state index >= 15 is 0 Å². The van der Waals surface area contributed by atoms with E-state index in [9.17, 15) is 9.18 Å². The highest BCUT2D eigenvalue weighted by molar-refractivity contribution is 8.00. The third-order valence-corrected chi connectivity index (χ3v) is 4.16. The zero-order chi connectivity index (χ0) is 15.8. The molecule has 5 heteroatoms. The van der Waals surface area contributed by atoms with Crippen LogP contribution in [-0.2, 0) is 4.79 Å². The number of nitrogen functional groups attached to an aromatic ring is 1. The quantitative estimate of drug-likeness (QED) is 0.566. The first-order chi connectivity index (χ1) is 9.88. The molecule has 0 saturated heterocycles. The number of halogens is 1. The number of amides is 1. The van der Waals surface area contributed by atoms with Gasteiger partial charge in [-0.15, -0.1) is 11.8 Å². The van der Waals surface area contributed by atoms with Crippen LogP contribution in [0.15, 0.2) is 23.1 Å². The molecule has 1 unspecified atom stereocenters. The molecule has 0 saturated carbocycles. The number of nitrogens with one attached hydrogen (secondary N) is 1. The highest BCUT2D eigenvalue weighted by Gasteiger charge is 2.09. The molecule has 0 heterocycles. The summed E-state index contributed by atoms with van der Waals surface area (Å²) in [7, 11) is 0. The van der Waals surface area contributed by atoms with Gasteiger partial charge in [0, 0.05) is 10.9 Å². The van der Waals surface area contributed by atoms with E-state index in [2.05, 4.69) is 19.2 Å². The number of benzene rings is 1. The molecule has 1 amide bonds. The lowest BCUT2D eigenvalue weighted by Crippen LogP contribution is -2.33. The van der Waals surface area contributed by atoms with Gasteiger partial charge in [-0.3, -0.25) is 4.79 Å². The van der Waals surface area contributed by atoms with Crippen molar-refractivity contribution in [3.05, 3.63) is 24.0 Å². The molecule has 1 aromatic carbocycles. The van der Waals surface area contributed by atoms with Crippen LogP contribution in [0.3, 0.4) is 0 Å². The fourth-order valence-electron chi connectivity index (χ4n) is 1.97. The lowest BCUT2D eigenvalue weighted by Gasteiger charge is -2.14. The zero-order valence-corrected chi connectivity index (χ0v) is 13.8. The van der Waals surface area contributed by atoms with Crippen LogP contribution in [0.25, 0.3) is 0 Å². The molecule has 3 N–H and O–H groups in total. The summed E-state index contributed by atoms with van der Waals surface area (Å²) in [5.41, 5.74) is 5.54. The molecule has 0 aliphatic heterocycles. The van der Waals surface area contributed by atoms with E-state index in [1.54, 1.807) is 6.07 Å². The van der Waals surface area contributed by atoms with Crippen molar-refractivity contribution in [1.29, 1.82) is 0 Å². The van der Waals surface area contributed by atoms with Crippen LogP contribution in [0.1, 0.15) is 40.0 Å². The van der Waals surface area contributed by atoms with E-state index in [1.807, 2.05) is 6.92 Å². The summed E-state index contributed by atoms with van der Waals surface area (Å²) in [5.74, 6) is 0.526. The number of carbonyl (C=O) groups is 1. The van der Waals surface area contributed by atoms with E-state index in [-0.39, 0.29) is 23.4 Å². The van der Waals surface area contributed by atoms with E-state index in [0.717, 1.165) is 12.8 Å². The van der Waals surface area contributed by atoms with Crippen molar-refractivity contribution in [1.82, 2.24) is 5.32 Å². The lowest BCUT2D eigenvalue weighted by atomic mass is 10.0. The van der Waals surface area contributed by atoms with Crippen LogP contribution in [0.5, 0.6) is 0 Å². The summed E-state index contributed by atoms with van der Waals surface area (Å²) in [5, 5.41) is 2.97. The van der Waals surface area contributed by atoms with Gasteiger partial charge in [-0.25, -0.2) is 4.39 Å². The van der Waals surface area contributed by atoms with Gasteiger partial charge in [0.05, 0.1) is 11.4 Å². The Morgan fingerprint density at radius 3 is 2.67 bits per heavy atom. The number of nitrogens with two attached hydrogens (primary N) is 1. The Morgan fingerprint density at radius 1 is 1.33 bits per heavy atom. The summed E-state index contributed by atoms with van der Waals surface area (Å²) >= 11 is 1.31. The summed E-state index contributed by atoms with van der Waals surface area (Å²) in [6, 6.07) is 4.78. The fourth-order valence-corrected chi connectivity index (χ4v) is 2.70. The number of hydrogen-bond acceptors (Lipinski definition) is 3. The van der Waals surface area contributed by atoms with Crippen molar-refractivity contribution in [2.24, 2.45) is 5.92 Å².